The van der Waals surface area contributed by atoms with Crippen LogP contribution in [0.2, 0.25) is 0 Å². The van der Waals surface area contributed by atoms with E-state index in [9.17, 15) is 4.57 Å². The van der Waals surface area contributed by atoms with Crippen molar-refractivity contribution in [3.63, 3.8) is 0 Å². The van der Waals surface area contributed by atoms with E-state index in [0.29, 0.717) is 11.0 Å². The van der Waals surface area contributed by atoms with Gasteiger partial charge in [-0.25, -0.2) is 4.98 Å². The molecule has 4 rings (SSSR count). The van der Waals surface area contributed by atoms with Gasteiger partial charge in [0.2, 0.25) is 0 Å². The Morgan fingerprint density at radius 2 is 1.66 bits per heavy atom. The standard InChI is InChI=1S/C26H32N5O3P/c1-30(2)16-17-31(3)20-12-10-19(11-13-20)24-18-21-22(14-15-27-26(21)29-24)28-23-8-6-7-9-25(23)35(32,33-4)34-5/h6-15,18H,16-17H2,1-5H3,(H2,27,28,29). The fourth-order valence-corrected chi connectivity index (χ4v) is 5.14. The minimum atomic E-state index is -3.43. The number of anilines is 3. The van der Waals surface area contributed by atoms with Crippen LogP contribution < -0.4 is 15.5 Å². The molecule has 0 saturated heterocycles. The topological polar surface area (TPSA) is 82.7 Å². The average molecular weight is 494 g/mol. The normalized spacial score (nSPS) is 11.8. The van der Waals surface area contributed by atoms with E-state index < -0.39 is 7.60 Å². The smallest absolute Gasteiger partial charge is 0.362 e. The first-order valence-electron chi connectivity index (χ1n) is 11.4. The van der Waals surface area contributed by atoms with Gasteiger partial charge in [-0.3, -0.25) is 4.57 Å². The second-order valence-electron chi connectivity index (χ2n) is 8.58. The minimum absolute atomic E-state index is 0.472. The molecular formula is C26H32N5O3P. The molecule has 0 amide bonds. The van der Waals surface area contributed by atoms with Crippen molar-refractivity contribution in [3.05, 3.63) is 66.9 Å². The number of aromatic amines is 1. The van der Waals surface area contributed by atoms with E-state index in [1.165, 1.54) is 19.9 Å². The first-order valence-corrected chi connectivity index (χ1v) is 12.9. The van der Waals surface area contributed by atoms with Crippen molar-refractivity contribution in [2.45, 2.75) is 0 Å². The van der Waals surface area contributed by atoms with Gasteiger partial charge in [-0.1, -0.05) is 24.3 Å². The molecule has 0 atom stereocenters. The Labute approximate surface area is 206 Å². The van der Waals surface area contributed by atoms with Crippen LogP contribution in [0, 0.1) is 0 Å². The Balaban J connectivity index is 1.63. The minimum Gasteiger partial charge on any atom is -0.373 e. The average Bonchev–Trinajstić information content (AvgIpc) is 3.33. The summed E-state index contributed by atoms with van der Waals surface area (Å²) in [5, 5.41) is 4.80. The van der Waals surface area contributed by atoms with E-state index in [-0.39, 0.29) is 0 Å². The molecule has 0 aliphatic rings. The van der Waals surface area contributed by atoms with Gasteiger partial charge < -0.3 is 29.1 Å². The summed E-state index contributed by atoms with van der Waals surface area (Å²) < 4.78 is 23.5. The van der Waals surface area contributed by atoms with Crippen molar-refractivity contribution < 1.29 is 13.6 Å². The van der Waals surface area contributed by atoms with Crippen LogP contribution in [-0.2, 0) is 13.6 Å². The Bertz CT molecular complexity index is 1330. The molecule has 35 heavy (non-hydrogen) atoms. The number of hydrogen-bond donors (Lipinski definition) is 2. The van der Waals surface area contributed by atoms with Gasteiger partial charge in [-0.05, 0) is 56.1 Å². The lowest BCUT2D eigenvalue weighted by molar-refractivity contribution is 0.287. The molecule has 184 valence electrons. The van der Waals surface area contributed by atoms with Crippen molar-refractivity contribution in [2.24, 2.45) is 0 Å². The first-order chi connectivity index (χ1) is 16.8. The van der Waals surface area contributed by atoms with Gasteiger partial charge in [0.15, 0.2) is 0 Å². The highest BCUT2D eigenvalue weighted by molar-refractivity contribution is 7.62. The predicted molar refractivity (Wildman–Crippen MR) is 144 cm³/mol. The van der Waals surface area contributed by atoms with Crippen LogP contribution in [0.5, 0.6) is 0 Å². The Hall–Kier alpha value is -3.16. The molecule has 2 heterocycles. The van der Waals surface area contributed by atoms with Crippen LogP contribution in [0.1, 0.15) is 0 Å². The van der Waals surface area contributed by atoms with Crippen LogP contribution in [0.25, 0.3) is 22.3 Å². The molecule has 2 aromatic carbocycles. The first kappa shape index (κ1) is 24.9. The number of benzene rings is 2. The van der Waals surface area contributed by atoms with E-state index >= 15 is 0 Å². The highest BCUT2D eigenvalue weighted by Gasteiger charge is 2.27. The van der Waals surface area contributed by atoms with Crippen LogP contribution in [-0.4, -0.2) is 63.3 Å². The number of rotatable bonds is 10. The molecule has 0 radical (unpaired) electrons. The van der Waals surface area contributed by atoms with Crippen LogP contribution >= 0.6 is 7.60 Å². The number of aromatic nitrogens is 2. The second-order valence-corrected chi connectivity index (χ2v) is 10.8. The molecule has 0 spiro atoms. The summed E-state index contributed by atoms with van der Waals surface area (Å²) in [6.07, 6.45) is 1.74. The zero-order valence-corrected chi connectivity index (χ0v) is 21.7. The molecule has 9 heteroatoms. The number of nitrogens with zero attached hydrogens (tertiary/aromatic N) is 3. The van der Waals surface area contributed by atoms with E-state index in [1.807, 2.05) is 24.3 Å². The molecular weight excluding hydrogens is 461 g/mol. The monoisotopic (exact) mass is 493 g/mol. The molecule has 0 unspecified atom stereocenters. The summed E-state index contributed by atoms with van der Waals surface area (Å²) in [4.78, 5) is 12.3. The quantitative estimate of drug-likeness (QED) is 0.298. The molecule has 8 nitrogen and oxygen atoms in total. The summed E-state index contributed by atoms with van der Waals surface area (Å²) in [7, 11) is 5.61. The van der Waals surface area contributed by atoms with Crippen molar-refractivity contribution in [2.75, 3.05) is 58.7 Å². The van der Waals surface area contributed by atoms with Gasteiger partial charge in [-0.15, -0.1) is 0 Å². The number of pyridine rings is 1. The third kappa shape index (κ3) is 5.41. The lowest BCUT2D eigenvalue weighted by Crippen LogP contribution is -2.28. The Morgan fingerprint density at radius 1 is 0.943 bits per heavy atom. The molecule has 0 aliphatic carbocycles. The number of H-pyrrole nitrogens is 1. The molecule has 0 saturated carbocycles. The maximum absolute atomic E-state index is 13.1. The van der Waals surface area contributed by atoms with Crippen molar-refractivity contribution in [1.29, 1.82) is 0 Å². The lowest BCUT2D eigenvalue weighted by atomic mass is 10.1. The fraction of sp³-hybridized carbons (Fsp3) is 0.269. The highest BCUT2D eigenvalue weighted by atomic mass is 31.2. The SMILES string of the molecule is COP(=O)(OC)c1ccccc1Nc1ccnc2[nH]c(-c3ccc(N(C)CCN(C)C)cc3)cc12. The third-order valence-electron chi connectivity index (χ3n) is 5.98. The molecule has 0 bridgehead atoms. The zero-order chi connectivity index (χ0) is 25.0. The lowest BCUT2D eigenvalue weighted by Gasteiger charge is -2.21. The van der Waals surface area contributed by atoms with Crippen LogP contribution in [0.4, 0.5) is 17.1 Å². The number of nitrogens with one attached hydrogen (secondary N) is 2. The third-order valence-corrected chi connectivity index (χ3v) is 7.92. The second kappa shape index (κ2) is 10.6. The van der Waals surface area contributed by atoms with E-state index in [2.05, 4.69) is 76.6 Å². The van der Waals surface area contributed by atoms with Gasteiger partial charge in [0.25, 0.3) is 0 Å². The largest absolute Gasteiger partial charge is 0.373 e. The van der Waals surface area contributed by atoms with Gasteiger partial charge in [0, 0.05) is 57.3 Å². The number of hydrogen-bond acceptors (Lipinski definition) is 7. The zero-order valence-electron chi connectivity index (χ0n) is 20.8. The van der Waals surface area contributed by atoms with Gasteiger partial charge in [0.05, 0.1) is 16.7 Å². The van der Waals surface area contributed by atoms with E-state index in [0.717, 1.165) is 41.1 Å². The van der Waals surface area contributed by atoms with Crippen LogP contribution in [0.15, 0.2) is 66.9 Å². The molecule has 4 aromatic rings. The molecule has 2 aromatic heterocycles. The highest BCUT2D eigenvalue weighted by Crippen LogP contribution is 2.47. The van der Waals surface area contributed by atoms with Crippen molar-refractivity contribution in [1.82, 2.24) is 14.9 Å². The van der Waals surface area contributed by atoms with E-state index in [1.54, 1.807) is 12.3 Å². The summed E-state index contributed by atoms with van der Waals surface area (Å²) in [5.74, 6) is 0. The fourth-order valence-electron chi connectivity index (χ4n) is 3.90. The van der Waals surface area contributed by atoms with Gasteiger partial charge in [-0.2, -0.15) is 0 Å². The Kier molecular flexibility index (Phi) is 7.57. The molecule has 0 aliphatic heterocycles. The van der Waals surface area contributed by atoms with Gasteiger partial charge >= 0.3 is 7.60 Å². The van der Waals surface area contributed by atoms with Crippen molar-refractivity contribution >= 4 is 41.0 Å². The molecule has 2 N–H and O–H groups in total. The Morgan fingerprint density at radius 3 is 2.34 bits per heavy atom. The summed E-state index contributed by atoms with van der Waals surface area (Å²) >= 11 is 0. The number of para-hydroxylation sites is 1. The van der Waals surface area contributed by atoms with Crippen LogP contribution in [0.3, 0.4) is 0 Å². The van der Waals surface area contributed by atoms with E-state index in [4.69, 9.17) is 9.05 Å². The maximum atomic E-state index is 13.1. The predicted octanol–water partition coefficient (Wildman–Crippen LogP) is 5.08. The maximum Gasteiger partial charge on any atom is 0.362 e. The van der Waals surface area contributed by atoms with Crippen molar-refractivity contribution in [3.8, 4) is 11.3 Å². The number of fused-ring (bicyclic) bond motifs is 1. The summed E-state index contributed by atoms with van der Waals surface area (Å²) in [6, 6.07) is 19.7. The van der Waals surface area contributed by atoms with Gasteiger partial charge in [0.1, 0.15) is 5.65 Å². The summed E-state index contributed by atoms with van der Waals surface area (Å²) in [6.45, 7) is 1.95. The number of likely N-dealkylation sites (N-methyl/N-ethyl adjacent to an activating group) is 2. The molecule has 0 fully saturated rings. The summed E-state index contributed by atoms with van der Waals surface area (Å²) in [5.41, 5.74) is 5.46.